The Balaban J connectivity index is 2.09. The molecule has 2 amide bonds. The molecule has 0 unspecified atom stereocenters. The molecule has 98 valence electrons. The summed E-state index contributed by atoms with van der Waals surface area (Å²) in [5.74, 6) is 1.45. The summed E-state index contributed by atoms with van der Waals surface area (Å²) >= 11 is 0. The minimum Gasteiger partial charge on any atom is -0.457 e. The van der Waals surface area contributed by atoms with Crippen LogP contribution in [0.25, 0.3) is 0 Å². The van der Waals surface area contributed by atoms with Gasteiger partial charge in [-0.05, 0) is 24.3 Å². The van der Waals surface area contributed by atoms with Crippen molar-refractivity contribution in [2.24, 2.45) is 0 Å². The number of anilines is 1. The van der Waals surface area contributed by atoms with Gasteiger partial charge in [0.2, 0.25) is 0 Å². The van der Waals surface area contributed by atoms with Crippen LogP contribution in [-0.2, 0) is 0 Å². The second kappa shape index (κ2) is 5.91. The van der Waals surface area contributed by atoms with E-state index in [4.69, 9.17) is 4.74 Å². The Morgan fingerprint density at radius 2 is 1.68 bits per heavy atom. The summed E-state index contributed by atoms with van der Waals surface area (Å²) in [5, 5.41) is 2.77. The van der Waals surface area contributed by atoms with Gasteiger partial charge in [-0.3, -0.25) is 0 Å². The zero-order valence-corrected chi connectivity index (χ0v) is 11.0. The number of benzene rings is 2. The van der Waals surface area contributed by atoms with Gasteiger partial charge in [-0.1, -0.05) is 24.3 Å². The first-order valence-corrected chi connectivity index (χ1v) is 5.96. The number of nitrogens with one attached hydrogen (secondary N) is 1. The molecule has 0 radical (unpaired) electrons. The van der Waals surface area contributed by atoms with Crippen molar-refractivity contribution in [1.82, 2.24) is 4.90 Å². The molecule has 0 aliphatic rings. The summed E-state index contributed by atoms with van der Waals surface area (Å²) in [4.78, 5) is 13.0. The molecule has 0 heterocycles. The van der Waals surface area contributed by atoms with Crippen molar-refractivity contribution >= 4 is 11.7 Å². The van der Waals surface area contributed by atoms with Gasteiger partial charge in [-0.2, -0.15) is 0 Å². The van der Waals surface area contributed by atoms with Crippen molar-refractivity contribution in [3.05, 3.63) is 54.6 Å². The molecule has 2 rings (SSSR count). The Kier molecular flexibility index (Phi) is 4.03. The topological polar surface area (TPSA) is 41.6 Å². The lowest BCUT2D eigenvalue weighted by Gasteiger charge is -2.13. The highest BCUT2D eigenvalue weighted by Gasteiger charge is 2.04. The van der Waals surface area contributed by atoms with Crippen LogP contribution in [0, 0.1) is 0 Å². The van der Waals surface area contributed by atoms with Gasteiger partial charge in [0.05, 0.1) is 0 Å². The van der Waals surface area contributed by atoms with Crippen LogP contribution in [0.1, 0.15) is 0 Å². The molecule has 0 saturated carbocycles. The van der Waals surface area contributed by atoms with E-state index in [9.17, 15) is 4.79 Å². The molecule has 19 heavy (non-hydrogen) atoms. The average molecular weight is 256 g/mol. The van der Waals surface area contributed by atoms with Crippen LogP contribution in [0.15, 0.2) is 54.6 Å². The van der Waals surface area contributed by atoms with E-state index in [1.807, 2.05) is 48.5 Å². The van der Waals surface area contributed by atoms with E-state index in [2.05, 4.69) is 5.32 Å². The molecule has 0 saturated heterocycles. The lowest BCUT2D eigenvalue weighted by Crippen LogP contribution is -2.27. The maximum Gasteiger partial charge on any atom is 0.321 e. The van der Waals surface area contributed by atoms with Crippen molar-refractivity contribution in [1.29, 1.82) is 0 Å². The molecule has 2 aromatic rings. The van der Waals surface area contributed by atoms with Crippen LogP contribution >= 0.6 is 0 Å². The van der Waals surface area contributed by atoms with Crippen LogP contribution < -0.4 is 10.1 Å². The molecule has 0 spiro atoms. The van der Waals surface area contributed by atoms with Crippen molar-refractivity contribution in [3.8, 4) is 11.5 Å². The van der Waals surface area contributed by atoms with E-state index in [-0.39, 0.29) is 6.03 Å². The lowest BCUT2D eigenvalue weighted by atomic mass is 10.3. The predicted molar refractivity (Wildman–Crippen MR) is 75.7 cm³/mol. The molecule has 0 aliphatic heterocycles. The van der Waals surface area contributed by atoms with Crippen LogP contribution in [-0.4, -0.2) is 25.0 Å². The third-order valence-corrected chi connectivity index (χ3v) is 2.47. The maximum atomic E-state index is 11.6. The highest BCUT2D eigenvalue weighted by Crippen LogP contribution is 2.23. The molecular weight excluding hydrogens is 240 g/mol. The molecular formula is C15H16N2O2. The highest BCUT2D eigenvalue weighted by molar-refractivity contribution is 5.89. The fourth-order valence-corrected chi connectivity index (χ4v) is 1.50. The molecule has 4 nitrogen and oxygen atoms in total. The van der Waals surface area contributed by atoms with Crippen LogP contribution in [0.5, 0.6) is 11.5 Å². The average Bonchev–Trinajstić information content (AvgIpc) is 2.40. The minimum atomic E-state index is -0.170. The smallest absolute Gasteiger partial charge is 0.321 e. The standard InChI is InChI=1S/C15H16N2O2/c1-17(2)15(18)16-12-7-6-10-14(11-12)19-13-8-4-3-5-9-13/h3-11H,1-2H3,(H,16,18). The highest BCUT2D eigenvalue weighted by atomic mass is 16.5. The maximum absolute atomic E-state index is 11.6. The molecule has 0 atom stereocenters. The summed E-state index contributed by atoms with van der Waals surface area (Å²) in [6.45, 7) is 0. The summed E-state index contributed by atoms with van der Waals surface area (Å²) in [7, 11) is 3.39. The predicted octanol–water partition coefficient (Wildman–Crippen LogP) is 3.57. The molecule has 1 N–H and O–H groups in total. The number of nitrogens with zero attached hydrogens (tertiary/aromatic N) is 1. The third-order valence-electron chi connectivity index (χ3n) is 2.47. The van der Waals surface area contributed by atoms with Gasteiger partial charge in [-0.15, -0.1) is 0 Å². The van der Waals surface area contributed by atoms with Crippen molar-refractivity contribution in [2.45, 2.75) is 0 Å². The van der Waals surface area contributed by atoms with E-state index >= 15 is 0 Å². The fraction of sp³-hybridized carbons (Fsp3) is 0.133. The first-order valence-electron chi connectivity index (χ1n) is 5.96. The zero-order valence-electron chi connectivity index (χ0n) is 11.0. The number of urea groups is 1. The number of carbonyl (C=O) groups is 1. The fourth-order valence-electron chi connectivity index (χ4n) is 1.50. The Labute approximate surface area is 112 Å². The SMILES string of the molecule is CN(C)C(=O)Nc1cccc(Oc2ccccc2)c1. The quantitative estimate of drug-likeness (QED) is 0.912. The van der Waals surface area contributed by atoms with E-state index in [1.165, 1.54) is 4.90 Å². The second-order valence-electron chi connectivity index (χ2n) is 4.27. The Hall–Kier alpha value is -2.49. The van der Waals surface area contributed by atoms with E-state index in [0.29, 0.717) is 11.4 Å². The van der Waals surface area contributed by atoms with Gasteiger partial charge in [0, 0.05) is 25.8 Å². The van der Waals surface area contributed by atoms with Crippen LogP contribution in [0.2, 0.25) is 0 Å². The number of rotatable bonds is 3. The third kappa shape index (κ3) is 3.74. The molecule has 2 aromatic carbocycles. The van der Waals surface area contributed by atoms with Gasteiger partial charge in [-0.25, -0.2) is 4.79 Å². The monoisotopic (exact) mass is 256 g/mol. The summed E-state index contributed by atoms with van der Waals surface area (Å²) < 4.78 is 5.70. The van der Waals surface area contributed by atoms with E-state index in [0.717, 1.165) is 5.75 Å². The van der Waals surface area contributed by atoms with Gasteiger partial charge in [0.1, 0.15) is 11.5 Å². The van der Waals surface area contributed by atoms with Gasteiger partial charge < -0.3 is 15.0 Å². The number of ether oxygens (including phenoxy) is 1. The number of hydrogen-bond donors (Lipinski definition) is 1. The summed E-state index contributed by atoms with van der Waals surface area (Å²) in [6.07, 6.45) is 0. The number of carbonyl (C=O) groups excluding carboxylic acids is 1. The lowest BCUT2D eigenvalue weighted by molar-refractivity contribution is 0.230. The molecule has 4 heteroatoms. The molecule has 0 bridgehead atoms. The Bertz CT molecular complexity index is 553. The van der Waals surface area contributed by atoms with E-state index in [1.54, 1.807) is 20.2 Å². The van der Waals surface area contributed by atoms with Crippen molar-refractivity contribution in [3.63, 3.8) is 0 Å². The van der Waals surface area contributed by atoms with Crippen LogP contribution in [0.3, 0.4) is 0 Å². The first-order chi connectivity index (χ1) is 9.15. The first kappa shape index (κ1) is 13.0. The van der Waals surface area contributed by atoms with Crippen molar-refractivity contribution < 1.29 is 9.53 Å². The van der Waals surface area contributed by atoms with Crippen LogP contribution in [0.4, 0.5) is 10.5 Å². The molecule has 0 fully saturated rings. The number of para-hydroxylation sites is 1. The number of amides is 2. The molecule has 0 aromatic heterocycles. The van der Waals surface area contributed by atoms with Crippen molar-refractivity contribution in [2.75, 3.05) is 19.4 Å². The Morgan fingerprint density at radius 3 is 2.37 bits per heavy atom. The summed E-state index contributed by atoms with van der Waals surface area (Å²) in [6, 6.07) is 16.6. The van der Waals surface area contributed by atoms with Gasteiger partial charge in [0.25, 0.3) is 0 Å². The number of hydrogen-bond acceptors (Lipinski definition) is 2. The Morgan fingerprint density at radius 1 is 1.00 bits per heavy atom. The second-order valence-corrected chi connectivity index (χ2v) is 4.27. The minimum absolute atomic E-state index is 0.170. The van der Waals surface area contributed by atoms with Gasteiger partial charge >= 0.3 is 6.03 Å². The zero-order chi connectivity index (χ0) is 13.7. The largest absolute Gasteiger partial charge is 0.457 e. The normalized spacial score (nSPS) is 9.79. The van der Waals surface area contributed by atoms with E-state index < -0.39 is 0 Å². The van der Waals surface area contributed by atoms with Gasteiger partial charge in [0.15, 0.2) is 0 Å². The molecule has 0 aliphatic carbocycles. The summed E-state index contributed by atoms with van der Waals surface area (Å²) in [5.41, 5.74) is 0.701.